The molecule has 1 aromatic carbocycles. The number of alkyl halides is 2. The summed E-state index contributed by atoms with van der Waals surface area (Å²) >= 11 is 0. The number of nitro groups is 1. The van der Waals surface area contributed by atoms with Crippen molar-refractivity contribution >= 4 is 5.69 Å². The van der Waals surface area contributed by atoms with Crippen LogP contribution in [0, 0.1) is 16.2 Å². The Hall–Kier alpha value is -1.98. The lowest BCUT2D eigenvalue weighted by Crippen LogP contribution is -2.04. The van der Waals surface area contributed by atoms with Crippen molar-refractivity contribution in [2.75, 3.05) is 0 Å². The number of rotatable bonds is 4. The second-order valence-electron chi connectivity index (χ2n) is 2.49. The van der Waals surface area contributed by atoms with Crippen LogP contribution in [0.25, 0.3) is 0 Å². The van der Waals surface area contributed by atoms with Gasteiger partial charge in [-0.3, -0.25) is 10.1 Å². The monoisotopic (exact) mass is 214 g/mol. The van der Waals surface area contributed by atoms with Crippen LogP contribution in [0.3, 0.4) is 0 Å². The van der Waals surface area contributed by atoms with Crippen molar-refractivity contribution in [3.8, 4) is 5.75 Å². The van der Waals surface area contributed by atoms with Crippen LogP contribution in [0.2, 0.25) is 0 Å². The summed E-state index contributed by atoms with van der Waals surface area (Å²) in [5, 5.41) is 10.5. The van der Waals surface area contributed by atoms with Gasteiger partial charge in [-0.05, 0) is 17.7 Å². The minimum atomic E-state index is -3.10. The number of halogens is 2. The average Bonchev–Trinajstić information content (AvgIpc) is 2.17. The Morgan fingerprint density at radius 1 is 1.53 bits per heavy atom. The van der Waals surface area contributed by atoms with Crippen molar-refractivity contribution in [3.05, 3.63) is 46.5 Å². The Morgan fingerprint density at radius 2 is 2.20 bits per heavy atom. The highest BCUT2D eigenvalue weighted by Gasteiger charge is 2.18. The molecule has 15 heavy (non-hydrogen) atoms. The van der Waals surface area contributed by atoms with Crippen molar-refractivity contribution in [2.45, 2.75) is 6.61 Å². The largest absolute Gasteiger partial charge is 0.427 e. The second-order valence-corrected chi connectivity index (χ2v) is 2.49. The minimum absolute atomic E-state index is 0.336. The van der Waals surface area contributed by atoms with E-state index in [2.05, 4.69) is 17.4 Å². The van der Waals surface area contributed by atoms with E-state index in [1.165, 1.54) is 6.07 Å². The lowest BCUT2D eigenvalue weighted by Gasteiger charge is -2.05. The Kier molecular flexibility index (Phi) is 3.33. The third kappa shape index (κ3) is 2.73. The molecule has 79 valence electrons. The molecule has 1 radical (unpaired) electrons. The molecule has 6 heteroatoms. The van der Waals surface area contributed by atoms with E-state index in [1.54, 1.807) is 0 Å². The minimum Gasteiger partial charge on any atom is -0.427 e. The molecule has 0 aromatic heterocycles. The first-order chi connectivity index (χ1) is 7.04. The fourth-order valence-electron chi connectivity index (χ4n) is 0.966. The van der Waals surface area contributed by atoms with Crippen molar-refractivity contribution in [1.29, 1.82) is 0 Å². The quantitative estimate of drug-likeness (QED) is 0.571. The molecule has 0 aliphatic carbocycles. The van der Waals surface area contributed by atoms with E-state index in [9.17, 15) is 18.9 Å². The molecule has 0 N–H and O–H groups in total. The molecule has 1 aromatic rings. The Balaban J connectivity index is 3.14. The molecule has 0 aliphatic heterocycles. The highest BCUT2D eigenvalue weighted by molar-refractivity contribution is 5.49. The smallest absolute Gasteiger partial charge is 0.387 e. The predicted molar refractivity (Wildman–Crippen MR) is 47.7 cm³/mol. The number of hydrogen-bond donors (Lipinski definition) is 0. The molecule has 0 saturated carbocycles. The summed E-state index contributed by atoms with van der Waals surface area (Å²) in [6, 6.07) is 3.49. The van der Waals surface area contributed by atoms with Gasteiger partial charge in [0.2, 0.25) is 5.75 Å². The summed E-state index contributed by atoms with van der Waals surface area (Å²) in [5.41, 5.74) is -0.202. The first kappa shape index (κ1) is 11.1. The van der Waals surface area contributed by atoms with Gasteiger partial charge in [-0.25, -0.2) is 0 Å². The Bertz CT molecular complexity index is 393. The van der Waals surface area contributed by atoms with Crippen LogP contribution in [0.15, 0.2) is 24.8 Å². The Morgan fingerprint density at radius 3 is 2.67 bits per heavy atom. The standard InChI is InChI=1S/C9H6F2NO3/c1-2-6-3-4-8(15-9(10)11)7(5-6)12(13)14/h3-5,9H,1H2. The first-order valence-corrected chi connectivity index (χ1v) is 3.81. The third-order valence-corrected chi connectivity index (χ3v) is 1.58. The van der Waals surface area contributed by atoms with E-state index in [0.29, 0.717) is 5.56 Å². The van der Waals surface area contributed by atoms with E-state index in [0.717, 1.165) is 12.1 Å². The van der Waals surface area contributed by atoms with Crippen molar-refractivity contribution in [1.82, 2.24) is 0 Å². The van der Waals surface area contributed by atoms with Gasteiger partial charge in [0.05, 0.1) is 4.92 Å². The van der Waals surface area contributed by atoms with E-state index in [4.69, 9.17) is 0 Å². The zero-order valence-electron chi connectivity index (χ0n) is 7.44. The van der Waals surface area contributed by atoms with Gasteiger partial charge in [0.25, 0.3) is 0 Å². The summed E-state index contributed by atoms with van der Waals surface area (Å²) in [6.07, 6.45) is 2.41. The van der Waals surface area contributed by atoms with E-state index in [1.807, 2.05) is 0 Å². The van der Waals surface area contributed by atoms with Gasteiger partial charge in [0.1, 0.15) is 0 Å². The highest BCUT2D eigenvalue weighted by Crippen LogP contribution is 2.29. The molecule has 0 atom stereocenters. The van der Waals surface area contributed by atoms with Gasteiger partial charge in [0.15, 0.2) is 0 Å². The number of hydrogen-bond acceptors (Lipinski definition) is 3. The summed E-state index contributed by atoms with van der Waals surface area (Å²) in [6.45, 7) is 0.190. The maximum absolute atomic E-state index is 11.9. The third-order valence-electron chi connectivity index (χ3n) is 1.58. The first-order valence-electron chi connectivity index (χ1n) is 3.81. The summed E-state index contributed by atoms with van der Waals surface area (Å²) < 4.78 is 27.7. The van der Waals surface area contributed by atoms with Crippen LogP contribution >= 0.6 is 0 Å². The van der Waals surface area contributed by atoms with Gasteiger partial charge < -0.3 is 4.74 Å². The molecule has 4 nitrogen and oxygen atoms in total. The molecular weight excluding hydrogens is 208 g/mol. The van der Waals surface area contributed by atoms with E-state index < -0.39 is 23.0 Å². The lowest BCUT2D eigenvalue weighted by molar-refractivity contribution is -0.386. The lowest BCUT2D eigenvalue weighted by atomic mass is 10.2. The van der Waals surface area contributed by atoms with Gasteiger partial charge in [-0.1, -0.05) is 12.6 Å². The predicted octanol–water partition coefficient (Wildman–Crippen LogP) is 2.53. The van der Waals surface area contributed by atoms with Crippen molar-refractivity contribution in [3.63, 3.8) is 0 Å². The summed E-state index contributed by atoms with van der Waals surface area (Å²) in [4.78, 5) is 9.70. The molecule has 0 fully saturated rings. The normalized spacial score (nSPS) is 10.1. The summed E-state index contributed by atoms with van der Waals surface area (Å²) in [5.74, 6) is -0.478. The molecule has 0 bridgehead atoms. The van der Waals surface area contributed by atoms with Gasteiger partial charge in [-0.15, -0.1) is 0 Å². The fourth-order valence-corrected chi connectivity index (χ4v) is 0.966. The fraction of sp³-hybridized carbons (Fsp3) is 0.111. The maximum Gasteiger partial charge on any atom is 0.387 e. The molecule has 1 rings (SSSR count). The molecule has 0 heterocycles. The molecule has 0 unspecified atom stereocenters. The van der Waals surface area contributed by atoms with Gasteiger partial charge in [-0.2, -0.15) is 8.78 Å². The number of ether oxygens (including phenoxy) is 1. The van der Waals surface area contributed by atoms with Crippen LogP contribution in [0.5, 0.6) is 5.75 Å². The van der Waals surface area contributed by atoms with Crippen LogP contribution in [-0.4, -0.2) is 11.5 Å². The van der Waals surface area contributed by atoms with E-state index in [-0.39, 0.29) is 0 Å². The van der Waals surface area contributed by atoms with Crippen LogP contribution < -0.4 is 4.74 Å². The number of nitrogens with zero attached hydrogens (tertiary/aromatic N) is 1. The molecule has 0 spiro atoms. The average molecular weight is 214 g/mol. The van der Waals surface area contributed by atoms with Crippen LogP contribution in [-0.2, 0) is 0 Å². The molecular formula is C9H6F2NO3. The number of benzene rings is 1. The topological polar surface area (TPSA) is 52.4 Å². The van der Waals surface area contributed by atoms with Crippen LogP contribution in [0.4, 0.5) is 14.5 Å². The van der Waals surface area contributed by atoms with Crippen molar-refractivity contribution in [2.24, 2.45) is 0 Å². The van der Waals surface area contributed by atoms with Crippen LogP contribution in [0.1, 0.15) is 5.56 Å². The summed E-state index contributed by atoms with van der Waals surface area (Å²) in [7, 11) is 0. The molecule has 0 aliphatic rings. The molecule has 0 amide bonds. The van der Waals surface area contributed by atoms with Gasteiger partial charge >= 0.3 is 12.3 Å². The van der Waals surface area contributed by atoms with E-state index >= 15 is 0 Å². The second kappa shape index (κ2) is 4.50. The molecule has 0 saturated heterocycles. The maximum atomic E-state index is 11.9. The highest BCUT2D eigenvalue weighted by atomic mass is 19.3. The Labute approximate surface area is 83.9 Å². The van der Waals surface area contributed by atoms with Crippen molar-refractivity contribution < 1.29 is 18.4 Å². The zero-order valence-corrected chi connectivity index (χ0v) is 7.44. The SMILES string of the molecule is C=[C]c1ccc(OC(F)F)c([N+](=O)[O-])c1. The number of nitro benzene ring substituents is 1. The zero-order chi connectivity index (χ0) is 11.4. The van der Waals surface area contributed by atoms with Gasteiger partial charge in [0, 0.05) is 6.07 Å².